The minimum absolute atomic E-state index is 0.329. The number of nitrogens with zero attached hydrogens (tertiary/aromatic N) is 6. The number of carbonyl (C=O) groups excluding carboxylic acids is 1. The summed E-state index contributed by atoms with van der Waals surface area (Å²) < 4.78 is 0. The Morgan fingerprint density at radius 2 is 2.19 bits per heavy atom. The quantitative estimate of drug-likeness (QED) is 0.686. The highest BCUT2D eigenvalue weighted by Crippen LogP contribution is 2.07. The molecule has 0 fully saturated rings. The maximum atomic E-state index is 11.5. The first-order valence-electron chi connectivity index (χ1n) is 4.61. The van der Waals surface area contributed by atoms with Crippen LogP contribution >= 0.6 is 0 Å². The molecule has 16 heavy (non-hydrogen) atoms. The molecule has 0 bridgehead atoms. The third-order valence-corrected chi connectivity index (χ3v) is 1.86. The Labute approximate surface area is 91.7 Å². The van der Waals surface area contributed by atoms with Gasteiger partial charge in [0.1, 0.15) is 5.69 Å². The predicted octanol–water partition coefficient (Wildman–Crippen LogP) is 0.265. The summed E-state index contributed by atoms with van der Waals surface area (Å²) >= 11 is 0. The molecule has 0 aliphatic rings. The highest BCUT2D eigenvalue weighted by molar-refractivity contribution is 5.74. The zero-order chi connectivity index (χ0) is 11.5. The van der Waals surface area contributed by atoms with Crippen LogP contribution in [0.5, 0.6) is 0 Å². The maximum absolute atomic E-state index is 11.5. The van der Waals surface area contributed by atoms with Gasteiger partial charge in [0, 0.05) is 20.3 Å². The molecule has 0 radical (unpaired) electrons. The molecule has 2 heterocycles. The Kier molecular flexibility index (Phi) is 2.59. The van der Waals surface area contributed by atoms with E-state index in [1.165, 1.54) is 4.90 Å². The number of hydrogen-bond acceptors (Lipinski definition) is 5. The van der Waals surface area contributed by atoms with Crippen LogP contribution < -0.4 is 0 Å². The van der Waals surface area contributed by atoms with Crippen LogP contribution in [0.1, 0.15) is 0 Å². The topological polar surface area (TPSA) is 76.8 Å². The van der Waals surface area contributed by atoms with Crippen molar-refractivity contribution in [3.8, 4) is 11.5 Å². The second-order valence-electron chi connectivity index (χ2n) is 3.29. The molecular weight excluding hydrogens is 208 g/mol. The third-order valence-electron chi connectivity index (χ3n) is 1.86. The first-order valence-corrected chi connectivity index (χ1v) is 4.61. The molecule has 2 rings (SSSR count). The van der Waals surface area contributed by atoms with Crippen LogP contribution in [0, 0.1) is 0 Å². The van der Waals surface area contributed by atoms with E-state index in [1.54, 1.807) is 32.4 Å². The van der Waals surface area contributed by atoms with Crippen molar-refractivity contribution in [2.24, 2.45) is 0 Å². The zero-order valence-corrected chi connectivity index (χ0v) is 8.90. The van der Waals surface area contributed by atoms with Crippen LogP contribution in [0.15, 0.2) is 24.4 Å². The van der Waals surface area contributed by atoms with Gasteiger partial charge in [0.05, 0.1) is 0 Å². The van der Waals surface area contributed by atoms with Gasteiger partial charge in [-0.2, -0.15) is 0 Å². The van der Waals surface area contributed by atoms with Crippen molar-refractivity contribution in [3.63, 3.8) is 0 Å². The van der Waals surface area contributed by atoms with Gasteiger partial charge in [-0.25, -0.2) is 4.79 Å². The molecule has 0 aromatic carbocycles. The Morgan fingerprint density at radius 3 is 2.81 bits per heavy atom. The fourth-order valence-corrected chi connectivity index (χ4v) is 1.07. The minimum atomic E-state index is -0.352. The van der Waals surface area contributed by atoms with Crippen molar-refractivity contribution in [1.82, 2.24) is 30.1 Å². The number of tetrazole rings is 1. The van der Waals surface area contributed by atoms with E-state index >= 15 is 0 Å². The fraction of sp³-hybridized carbons (Fsp3) is 0.222. The summed E-state index contributed by atoms with van der Waals surface area (Å²) in [4.78, 5) is 17.9. The van der Waals surface area contributed by atoms with Crippen molar-refractivity contribution in [1.29, 1.82) is 0 Å². The minimum Gasteiger partial charge on any atom is -0.328 e. The fourth-order valence-electron chi connectivity index (χ4n) is 1.07. The number of aromatic nitrogens is 5. The second-order valence-corrected chi connectivity index (χ2v) is 3.29. The first-order chi connectivity index (χ1) is 7.68. The van der Waals surface area contributed by atoms with Crippen LogP contribution in [0.2, 0.25) is 0 Å². The van der Waals surface area contributed by atoms with Gasteiger partial charge in [0.2, 0.25) is 5.82 Å². The van der Waals surface area contributed by atoms with Crippen molar-refractivity contribution in [2.75, 3.05) is 14.1 Å². The average molecular weight is 218 g/mol. The van der Waals surface area contributed by atoms with Crippen LogP contribution in [0.4, 0.5) is 4.79 Å². The van der Waals surface area contributed by atoms with Crippen LogP contribution in [0.25, 0.3) is 11.5 Å². The van der Waals surface area contributed by atoms with E-state index in [4.69, 9.17) is 0 Å². The standard InChI is InChI=1S/C9H10N6O/c1-14(2)9(16)15-12-8(11-13-15)7-5-3-4-6-10-7/h3-6H,1-2H3. The van der Waals surface area contributed by atoms with Gasteiger partial charge >= 0.3 is 6.03 Å². The van der Waals surface area contributed by atoms with Crippen LogP contribution in [-0.2, 0) is 0 Å². The van der Waals surface area contributed by atoms with E-state index in [0.29, 0.717) is 11.5 Å². The lowest BCUT2D eigenvalue weighted by Gasteiger charge is -2.06. The SMILES string of the molecule is CN(C)C(=O)n1nnc(-c2ccccn2)n1. The molecule has 0 saturated carbocycles. The van der Waals surface area contributed by atoms with Gasteiger partial charge < -0.3 is 4.90 Å². The van der Waals surface area contributed by atoms with E-state index in [0.717, 1.165) is 4.80 Å². The van der Waals surface area contributed by atoms with Gasteiger partial charge in [-0.1, -0.05) is 10.9 Å². The van der Waals surface area contributed by atoms with Gasteiger partial charge in [-0.05, 0) is 17.3 Å². The average Bonchev–Trinajstić information content (AvgIpc) is 2.78. The molecule has 7 nitrogen and oxygen atoms in total. The summed E-state index contributed by atoms with van der Waals surface area (Å²) in [5, 5.41) is 11.4. The number of amides is 1. The Morgan fingerprint density at radius 1 is 1.38 bits per heavy atom. The van der Waals surface area contributed by atoms with Crippen molar-refractivity contribution in [2.45, 2.75) is 0 Å². The summed E-state index contributed by atoms with van der Waals surface area (Å²) in [6.07, 6.45) is 1.63. The predicted molar refractivity (Wildman–Crippen MR) is 55.5 cm³/mol. The monoisotopic (exact) mass is 218 g/mol. The van der Waals surface area contributed by atoms with Crippen molar-refractivity contribution >= 4 is 6.03 Å². The summed E-state index contributed by atoms with van der Waals surface area (Å²) in [6, 6.07) is 5.01. The van der Waals surface area contributed by atoms with Gasteiger partial charge in [-0.3, -0.25) is 4.98 Å². The molecular formula is C9H10N6O. The van der Waals surface area contributed by atoms with Crippen LogP contribution in [-0.4, -0.2) is 50.2 Å². The zero-order valence-electron chi connectivity index (χ0n) is 8.90. The van der Waals surface area contributed by atoms with E-state index in [1.807, 2.05) is 6.07 Å². The summed E-state index contributed by atoms with van der Waals surface area (Å²) in [5.74, 6) is 0.329. The molecule has 82 valence electrons. The molecule has 0 saturated heterocycles. The maximum Gasteiger partial charge on any atom is 0.362 e. The molecule has 7 heteroatoms. The highest BCUT2D eigenvalue weighted by atomic mass is 16.2. The first kappa shape index (κ1) is 10.2. The summed E-state index contributed by atoms with van der Waals surface area (Å²) in [6.45, 7) is 0. The second kappa shape index (κ2) is 4.05. The van der Waals surface area contributed by atoms with E-state index in [-0.39, 0.29) is 6.03 Å². The van der Waals surface area contributed by atoms with Gasteiger partial charge in [0.15, 0.2) is 0 Å². The Balaban J connectivity index is 2.30. The molecule has 0 aliphatic heterocycles. The summed E-state index contributed by atoms with van der Waals surface area (Å²) in [7, 11) is 3.23. The number of rotatable bonds is 1. The molecule has 0 aliphatic carbocycles. The third kappa shape index (κ3) is 1.88. The van der Waals surface area contributed by atoms with Crippen molar-refractivity contribution in [3.05, 3.63) is 24.4 Å². The normalized spacial score (nSPS) is 10.1. The highest BCUT2D eigenvalue weighted by Gasteiger charge is 2.13. The largest absolute Gasteiger partial charge is 0.362 e. The lowest BCUT2D eigenvalue weighted by molar-refractivity contribution is 0.211. The number of pyridine rings is 1. The van der Waals surface area contributed by atoms with Crippen LogP contribution in [0.3, 0.4) is 0 Å². The molecule has 0 atom stereocenters. The molecule has 0 N–H and O–H groups in total. The van der Waals surface area contributed by atoms with E-state index in [9.17, 15) is 4.79 Å². The van der Waals surface area contributed by atoms with E-state index < -0.39 is 0 Å². The molecule has 0 spiro atoms. The number of carbonyl (C=O) groups is 1. The van der Waals surface area contributed by atoms with Gasteiger partial charge in [0.25, 0.3) is 0 Å². The molecule has 2 aromatic heterocycles. The lowest BCUT2D eigenvalue weighted by atomic mass is 10.3. The Bertz CT molecular complexity index is 492. The summed E-state index contributed by atoms with van der Waals surface area (Å²) in [5.41, 5.74) is 0.584. The lowest BCUT2D eigenvalue weighted by Crippen LogP contribution is -2.29. The molecule has 2 aromatic rings. The smallest absolute Gasteiger partial charge is 0.328 e. The molecule has 1 amide bonds. The molecule has 0 unspecified atom stereocenters. The number of hydrogen-bond donors (Lipinski definition) is 0. The van der Waals surface area contributed by atoms with Crippen molar-refractivity contribution < 1.29 is 4.79 Å². The van der Waals surface area contributed by atoms with Gasteiger partial charge in [-0.15, -0.1) is 10.2 Å². The van der Waals surface area contributed by atoms with E-state index in [2.05, 4.69) is 20.4 Å². The Hall–Kier alpha value is -2.31.